The van der Waals surface area contributed by atoms with Crippen LogP contribution in [0.3, 0.4) is 0 Å². The van der Waals surface area contributed by atoms with E-state index in [4.69, 9.17) is 0 Å². The number of halogens is 1. The third-order valence-corrected chi connectivity index (χ3v) is 3.47. The number of aliphatic imine (C=N–C) groups is 1. The molecule has 1 atom stereocenters. The molecular formula is C15H20IN5. The first-order valence-corrected chi connectivity index (χ1v) is 6.77. The van der Waals surface area contributed by atoms with E-state index in [0.29, 0.717) is 0 Å². The smallest absolute Gasteiger partial charge is 0.194 e. The topological polar surface area (TPSA) is 45.5 Å². The highest BCUT2D eigenvalue weighted by atomic mass is 127. The Hall–Kier alpha value is -1.57. The molecule has 0 saturated carbocycles. The molecule has 6 heteroatoms. The highest BCUT2D eigenvalue weighted by molar-refractivity contribution is 14.0. The molecule has 1 aliphatic heterocycles. The van der Waals surface area contributed by atoms with Crippen LogP contribution in [0.1, 0.15) is 17.2 Å². The number of nitrogens with zero attached hydrogens (tertiary/aromatic N) is 4. The number of aromatic nitrogens is 2. The lowest BCUT2D eigenvalue weighted by atomic mass is 10.1. The molecule has 1 aromatic carbocycles. The molecule has 1 N–H and O–H groups in total. The van der Waals surface area contributed by atoms with Gasteiger partial charge in [0.2, 0.25) is 0 Å². The molecule has 1 aromatic heterocycles. The van der Waals surface area contributed by atoms with Crippen molar-refractivity contribution in [2.24, 2.45) is 12.0 Å². The van der Waals surface area contributed by atoms with Crippen molar-refractivity contribution in [1.82, 2.24) is 20.0 Å². The second-order valence-corrected chi connectivity index (χ2v) is 5.15. The van der Waals surface area contributed by atoms with Crippen molar-refractivity contribution in [1.29, 1.82) is 0 Å². The van der Waals surface area contributed by atoms with Crippen LogP contribution in [-0.2, 0) is 13.6 Å². The van der Waals surface area contributed by atoms with Crippen LogP contribution >= 0.6 is 24.0 Å². The molecule has 0 spiro atoms. The minimum absolute atomic E-state index is 0. The molecule has 0 amide bonds. The Kier molecular flexibility index (Phi) is 5.22. The van der Waals surface area contributed by atoms with Crippen molar-refractivity contribution in [3.63, 3.8) is 0 Å². The molecule has 0 radical (unpaired) electrons. The van der Waals surface area contributed by atoms with Gasteiger partial charge in [0.15, 0.2) is 5.96 Å². The molecule has 2 heterocycles. The van der Waals surface area contributed by atoms with Crippen molar-refractivity contribution < 1.29 is 0 Å². The van der Waals surface area contributed by atoms with E-state index in [9.17, 15) is 0 Å². The summed E-state index contributed by atoms with van der Waals surface area (Å²) < 4.78 is 1.82. The van der Waals surface area contributed by atoms with E-state index in [-0.39, 0.29) is 30.0 Å². The summed E-state index contributed by atoms with van der Waals surface area (Å²) >= 11 is 0. The number of nitrogens with one attached hydrogen (secondary N) is 1. The number of hydrogen-bond acceptors (Lipinski definition) is 4. The summed E-state index contributed by atoms with van der Waals surface area (Å²) in [4.78, 5) is 6.73. The van der Waals surface area contributed by atoms with Gasteiger partial charge in [-0.1, -0.05) is 30.3 Å². The summed E-state index contributed by atoms with van der Waals surface area (Å²) in [7, 11) is 3.98. The van der Waals surface area contributed by atoms with E-state index in [1.54, 1.807) is 0 Å². The van der Waals surface area contributed by atoms with Crippen molar-refractivity contribution in [2.75, 3.05) is 13.6 Å². The van der Waals surface area contributed by atoms with E-state index in [1.165, 1.54) is 11.1 Å². The lowest BCUT2D eigenvalue weighted by Gasteiger charge is -2.20. The standard InChI is InChI=1S/C15H19N5.HI/c1-19(10-12-8-17-20(2)11-12)15-16-9-14(18-15)13-6-4-3-5-7-13;/h3-8,11,14H,9-10H2,1-2H3,(H,16,18);1H. The summed E-state index contributed by atoms with van der Waals surface area (Å²) in [5.41, 5.74) is 2.46. The minimum Gasteiger partial charge on any atom is -0.348 e. The third-order valence-electron chi connectivity index (χ3n) is 3.47. The van der Waals surface area contributed by atoms with Gasteiger partial charge in [0, 0.05) is 32.4 Å². The monoisotopic (exact) mass is 397 g/mol. The van der Waals surface area contributed by atoms with Crippen molar-refractivity contribution >= 4 is 29.9 Å². The maximum atomic E-state index is 4.60. The zero-order valence-corrected chi connectivity index (χ0v) is 14.6. The maximum absolute atomic E-state index is 4.60. The van der Waals surface area contributed by atoms with Crippen LogP contribution in [0.4, 0.5) is 0 Å². The molecule has 0 bridgehead atoms. The van der Waals surface area contributed by atoms with Crippen LogP contribution in [0.5, 0.6) is 0 Å². The van der Waals surface area contributed by atoms with Gasteiger partial charge in [-0.2, -0.15) is 5.10 Å². The second kappa shape index (κ2) is 6.93. The molecule has 0 fully saturated rings. The lowest BCUT2D eigenvalue weighted by molar-refractivity contribution is 0.480. The van der Waals surface area contributed by atoms with Crippen molar-refractivity contribution in [3.8, 4) is 0 Å². The van der Waals surface area contributed by atoms with Gasteiger partial charge >= 0.3 is 0 Å². The van der Waals surface area contributed by atoms with Crippen LogP contribution in [-0.4, -0.2) is 34.2 Å². The predicted octanol–water partition coefficient (Wildman–Crippen LogP) is 2.17. The molecule has 0 aliphatic carbocycles. The highest BCUT2D eigenvalue weighted by Crippen LogP contribution is 2.17. The molecule has 1 unspecified atom stereocenters. The number of hydrogen-bond donors (Lipinski definition) is 1. The minimum atomic E-state index is 0. The van der Waals surface area contributed by atoms with Gasteiger partial charge in [-0.15, -0.1) is 24.0 Å². The summed E-state index contributed by atoms with van der Waals surface area (Å²) in [5.74, 6) is 0.947. The average Bonchev–Trinajstić information content (AvgIpc) is 3.09. The van der Waals surface area contributed by atoms with Gasteiger partial charge in [-0.3, -0.25) is 9.67 Å². The number of benzene rings is 1. The average molecular weight is 397 g/mol. The predicted molar refractivity (Wildman–Crippen MR) is 94.7 cm³/mol. The first-order chi connectivity index (χ1) is 9.72. The maximum Gasteiger partial charge on any atom is 0.194 e. The van der Waals surface area contributed by atoms with Crippen LogP contribution in [0, 0.1) is 0 Å². The molecule has 5 nitrogen and oxygen atoms in total. The van der Waals surface area contributed by atoms with Gasteiger partial charge in [-0.25, -0.2) is 0 Å². The van der Waals surface area contributed by atoms with Crippen molar-refractivity contribution in [3.05, 3.63) is 53.9 Å². The van der Waals surface area contributed by atoms with Gasteiger partial charge in [0.25, 0.3) is 0 Å². The zero-order chi connectivity index (χ0) is 13.9. The Morgan fingerprint density at radius 2 is 2.10 bits per heavy atom. The SMILES string of the molecule is CN(Cc1cnn(C)c1)C1=NCC(c2ccccc2)N1.I. The van der Waals surface area contributed by atoms with E-state index in [1.807, 2.05) is 37.2 Å². The fourth-order valence-corrected chi connectivity index (χ4v) is 2.43. The molecule has 2 aromatic rings. The van der Waals surface area contributed by atoms with Crippen LogP contribution in [0.2, 0.25) is 0 Å². The van der Waals surface area contributed by atoms with Gasteiger partial charge in [0.1, 0.15) is 0 Å². The summed E-state index contributed by atoms with van der Waals surface area (Å²) in [6.45, 7) is 1.60. The zero-order valence-electron chi connectivity index (χ0n) is 12.2. The quantitative estimate of drug-likeness (QED) is 0.808. The number of rotatable bonds is 3. The summed E-state index contributed by atoms with van der Waals surface area (Å²) in [6, 6.07) is 10.7. The molecular weight excluding hydrogens is 377 g/mol. The first kappa shape index (κ1) is 15.8. The normalized spacial score (nSPS) is 16.9. The van der Waals surface area contributed by atoms with Crippen LogP contribution in [0.15, 0.2) is 47.7 Å². The molecule has 112 valence electrons. The largest absolute Gasteiger partial charge is 0.348 e. The Labute approximate surface area is 142 Å². The van der Waals surface area contributed by atoms with E-state index < -0.39 is 0 Å². The number of guanidine groups is 1. The molecule has 3 rings (SSSR count). The molecule has 1 aliphatic rings. The lowest BCUT2D eigenvalue weighted by Crippen LogP contribution is -2.36. The third kappa shape index (κ3) is 3.75. The fourth-order valence-electron chi connectivity index (χ4n) is 2.43. The van der Waals surface area contributed by atoms with E-state index in [0.717, 1.165) is 19.0 Å². The van der Waals surface area contributed by atoms with Crippen molar-refractivity contribution in [2.45, 2.75) is 12.6 Å². The molecule has 21 heavy (non-hydrogen) atoms. The summed E-state index contributed by atoms with van der Waals surface area (Å²) in [5, 5.41) is 7.67. The second-order valence-electron chi connectivity index (χ2n) is 5.15. The highest BCUT2D eigenvalue weighted by Gasteiger charge is 2.21. The first-order valence-electron chi connectivity index (χ1n) is 6.77. The Morgan fingerprint density at radius 1 is 1.33 bits per heavy atom. The summed E-state index contributed by atoms with van der Waals surface area (Å²) in [6.07, 6.45) is 3.92. The molecule has 0 saturated heterocycles. The van der Waals surface area contributed by atoms with Gasteiger partial charge in [-0.05, 0) is 5.56 Å². The van der Waals surface area contributed by atoms with Crippen LogP contribution in [0.25, 0.3) is 0 Å². The van der Waals surface area contributed by atoms with E-state index in [2.05, 4.69) is 44.6 Å². The fraction of sp³-hybridized carbons (Fsp3) is 0.333. The Morgan fingerprint density at radius 3 is 2.76 bits per heavy atom. The van der Waals surface area contributed by atoms with Crippen LogP contribution < -0.4 is 5.32 Å². The van der Waals surface area contributed by atoms with Gasteiger partial charge in [0.05, 0.1) is 18.8 Å². The number of aryl methyl sites for hydroxylation is 1. The van der Waals surface area contributed by atoms with Gasteiger partial charge < -0.3 is 10.2 Å². The Bertz CT molecular complexity index is 608. The van der Waals surface area contributed by atoms with E-state index >= 15 is 0 Å². The Balaban J connectivity index is 0.00000161.